The van der Waals surface area contributed by atoms with Crippen molar-refractivity contribution in [2.24, 2.45) is 0 Å². The molecule has 0 aliphatic heterocycles. The lowest BCUT2D eigenvalue weighted by molar-refractivity contribution is 0.417. The minimum absolute atomic E-state index is 0.0817. The summed E-state index contributed by atoms with van der Waals surface area (Å²) in [6.45, 7) is 0. The van der Waals surface area contributed by atoms with Crippen LogP contribution in [0.25, 0.3) is 0 Å². The second kappa shape index (κ2) is 4.00. The van der Waals surface area contributed by atoms with Gasteiger partial charge in [-0.25, -0.2) is 8.78 Å². The number of hydrogen-bond acceptors (Lipinski definition) is 3. The van der Waals surface area contributed by atoms with Crippen LogP contribution in [-0.2, 0) is 0 Å². The van der Waals surface area contributed by atoms with Gasteiger partial charge in [-0.2, -0.15) is 0 Å². The van der Waals surface area contributed by atoms with E-state index in [1.54, 1.807) is 0 Å². The van der Waals surface area contributed by atoms with Gasteiger partial charge in [0.1, 0.15) is 12.0 Å². The minimum atomic E-state index is -0.661. The van der Waals surface area contributed by atoms with Crippen LogP contribution in [0.3, 0.4) is 0 Å². The third kappa shape index (κ3) is 2.25. The normalized spacial score (nSPS) is 10.0. The lowest BCUT2D eigenvalue weighted by atomic mass is 10.3. The van der Waals surface area contributed by atoms with E-state index in [9.17, 15) is 8.78 Å². The van der Waals surface area contributed by atoms with E-state index in [4.69, 9.17) is 4.74 Å². The minimum Gasteiger partial charge on any atom is -0.434 e. The van der Waals surface area contributed by atoms with Gasteiger partial charge in [-0.1, -0.05) is 0 Å². The summed E-state index contributed by atoms with van der Waals surface area (Å²) in [7, 11) is 0. The maximum atomic E-state index is 13.1. The summed E-state index contributed by atoms with van der Waals surface area (Å²) in [5, 5.41) is 6.94. The molecule has 3 nitrogen and oxygen atoms in total. The Kier molecular flexibility index (Phi) is 2.53. The lowest BCUT2D eigenvalue weighted by Gasteiger charge is -2.04. The van der Waals surface area contributed by atoms with Gasteiger partial charge < -0.3 is 4.74 Å². The Bertz CT molecular complexity index is 462. The lowest BCUT2D eigenvalue weighted by Crippen LogP contribution is -1.92. The molecule has 2 aromatic rings. The second-order valence-corrected chi connectivity index (χ2v) is 2.68. The van der Waals surface area contributed by atoms with Gasteiger partial charge in [-0.15, -0.1) is 10.2 Å². The third-order valence-electron chi connectivity index (χ3n) is 1.61. The molecule has 0 N–H and O–H groups in total. The van der Waals surface area contributed by atoms with Crippen molar-refractivity contribution >= 4 is 0 Å². The highest BCUT2D eigenvalue weighted by atomic mass is 19.1. The van der Waals surface area contributed by atoms with Gasteiger partial charge >= 0.3 is 0 Å². The van der Waals surface area contributed by atoms with Crippen molar-refractivity contribution in [1.82, 2.24) is 10.2 Å². The summed E-state index contributed by atoms with van der Waals surface area (Å²) < 4.78 is 30.8. The van der Waals surface area contributed by atoms with Crippen LogP contribution in [0, 0.1) is 17.8 Å². The molecule has 1 heterocycles. The first-order valence-electron chi connectivity index (χ1n) is 4.08. The summed E-state index contributed by atoms with van der Waals surface area (Å²) >= 11 is 0. The SMILES string of the molecule is Fc1ccc(F)c(Oc2cc[c]nn2)c1. The van der Waals surface area contributed by atoms with Crippen LogP contribution in [-0.4, -0.2) is 10.2 Å². The molecule has 1 aromatic carbocycles. The molecule has 0 unspecified atom stereocenters. The zero-order chi connectivity index (χ0) is 10.7. The quantitative estimate of drug-likeness (QED) is 0.758. The highest BCUT2D eigenvalue weighted by Crippen LogP contribution is 2.22. The largest absolute Gasteiger partial charge is 0.434 e. The Labute approximate surface area is 84.3 Å². The van der Waals surface area contributed by atoms with Crippen LogP contribution in [0.2, 0.25) is 0 Å². The van der Waals surface area contributed by atoms with Crippen molar-refractivity contribution in [2.75, 3.05) is 0 Å². The van der Waals surface area contributed by atoms with Crippen molar-refractivity contribution in [1.29, 1.82) is 0 Å². The van der Waals surface area contributed by atoms with Crippen molar-refractivity contribution < 1.29 is 13.5 Å². The molecule has 0 spiro atoms. The van der Waals surface area contributed by atoms with Crippen LogP contribution in [0.4, 0.5) is 8.78 Å². The first kappa shape index (κ1) is 9.51. The number of ether oxygens (including phenoxy) is 1. The van der Waals surface area contributed by atoms with Crippen LogP contribution in [0.15, 0.2) is 30.3 Å². The molecule has 1 radical (unpaired) electrons. The standard InChI is InChI=1S/C10H5F2N2O/c11-7-3-4-8(12)9(6-7)15-10-2-1-5-13-14-10/h1-4,6H. The topological polar surface area (TPSA) is 35.0 Å². The van der Waals surface area contributed by atoms with Gasteiger partial charge in [0.15, 0.2) is 11.6 Å². The summed E-state index contributed by atoms with van der Waals surface area (Å²) in [5.74, 6) is -1.39. The zero-order valence-corrected chi connectivity index (χ0v) is 7.45. The maximum absolute atomic E-state index is 13.1. The van der Waals surface area contributed by atoms with E-state index in [0.29, 0.717) is 0 Å². The smallest absolute Gasteiger partial charge is 0.239 e. The summed E-state index contributed by atoms with van der Waals surface area (Å²) in [5.41, 5.74) is 0. The monoisotopic (exact) mass is 207 g/mol. The molecule has 0 bridgehead atoms. The first-order chi connectivity index (χ1) is 7.25. The molecule has 0 aliphatic carbocycles. The molecule has 1 aromatic heterocycles. The van der Waals surface area contributed by atoms with Crippen LogP contribution in [0.1, 0.15) is 0 Å². The second-order valence-electron chi connectivity index (χ2n) is 2.68. The van der Waals surface area contributed by atoms with E-state index < -0.39 is 11.6 Å². The Balaban J connectivity index is 2.28. The van der Waals surface area contributed by atoms with Gasteiger partial charge in [-0.05, 0) is 18.2 Å². The fraction of sp³-hybridized carbons (Fsp3) is 0. The maximum Gasteiger partial charge on any atom is 0.239 e. The number of benzene rings is 1. The molecule has 0 saturated carbocycles. The molecule has 0 fully saturated rings. The van der Waals surface area contributed by atoms with E-state index in [1.807, 2.05) is 0 Å². The van der Waals surface area contributed by atoms with Gasteiger partial charge in [0.25, 0.3) is 0 Å². The van der Waals surface area contributed by atoms with Gasteiger partial charge in [0.05, 0.1) is 0 Å². The van der Waals surface area contributed by atoms with E-state index in [0.717, 1.165) is 18.2 Å². The van der Waals surface area contributed by atoms with Crippen molar-refractivity contribution in [3.63, 3.8) is 0 Å². The number of hydrogen-bond donors (Lipinski definition) is 0. The number of aromatic nitrogens is 2. The van der Waals surface area contributed by atoms with Gasteiger partial charge in [-0.3, -0.25) is 0 Å². The fourth-order valence-electron chi connectivity index (χ4n) is 0.976. The van der Waals surface area contributed by atoms with Crippen LogP contribution >= 0.6 is 0 Å². The van der Waals surface area contributed by atoms with Crippen molar-refractivity contribution in [3.8, 4) is 11.6 Å². The molecular weight excluding hydrogens is 202 g/mol. The van der Waals surface area contributed by atoms with Crippen molar-refractivity contribution in [3.05, 3.63) is 48.2 Å². The fourth-order valence-corrected chi connectivity index (χ4v) is 0.976. The molecule has 5 heteroatoms. The van der Waals surface area contributed by atoms with E-state index in [1.165, 1.54) is 12.1 Å². The highest BCUT2D eigenvalue weighted by Gasteiger charge is 2.06. The number of nitrogens with zero attached hydrogens (tertiary/aromatic N) is 2. The average molecular weight is 207 g/mol. The molecule has 0 saturated heterocycles. The predicted molar refractivity (Wildman–Crippen MR) is 47.3 cm³/mol. The molecular formula is C10H5F2N2O. The van der Waals surface area contributed by atoms with E-state index in [2.05, 4.69) is 16.4 Å². The Morgan fingerprint density at radius 3 is 2.80 bits per heavy atom. The molecule has 15 heavy (non-hydrogen) atoms. The molecule has 0 atom stereocenters. The van der Waals surface area contributed by atoms with Gasteiger partial charge in [0.2, 0.25) is 5.88 Å². The average Bonchev–Trinajstić information content (AvgIpc) is 2.25. The summed E-state index contributed by atoms with van der Waals surface area (Å²) in [6.07, 6.45) is 2.44. The Morgan fingerprint density at radius 2 is 2.07 bits per heavy atom. The van der Waals surface area contributed by atoms with Crippen LogP contribution < -0.4 is 4.74 Å². The number of halogens is 2. The van der Waals surface area contributed by atoms with E-state index in [-0.39, 0.29) is 11.6 Å². The Morgan fingerprint density at radius 1 is 1.20 bits per heavy atom. The van der Waals surface area contributed by atoms with Gasteiger partial charge in [0, 0.05) is 12.1 Å². The summed E-state index contributed by atoms with van der Waals surface area (Å²) in [4.78, 5) is 0. The predicted octanol–water partition coefficient (Wildman–Crippen LogP) is 2.35. The molecule has 0 amide bonds. The molecule has 2 rings (SSSR count). The third-order valence-corrected chi connectivity index (χ3v) is 1.61. The summed E-state index contributed by atoms with van der Waals surface area (Å²) in [6, 6.07) is 5.82. The highest BCUT2D eigenvalue weighted by molar-refractivity contribution is 5.28. The Hall–Kier alpha value is -2.04. The van der Waals surface area contributed by atoms with Crippen molar-refractivity contribution in [2.45, 2.75) is 0 Å². The van der Waals surface area contributed by atoms with E-state index >= 15 is 0 Å². The molecule has 75 valence electrons. The van der Waals surface area contributed by atoms with Crippen LogP contribution in [0.5, 0.6) is 11.6 Å². The zero-order valence-electron chi connectivity index (χ0n) is 7.45. The molecule has 0 aliphatic rings. The first-order valence-corrected chi connectivity index (χ1v) is 4.08. The number of rotatable bonds is 2.